The van der Waals surface area contributed by atoms with Crippen LogP contribution in [0.25, 0.3) is 0 Å². The second-order valence-electron chi connectivity index (χ2n) is 9.58. The van der Waals surface area contributed by atoms with Gasteiger partial charge < -0.3 is 19.7 Å². The molecule has 0 bridgehead atoms. The molecule has 0 aromatic heterocycles. The molecule has 0 radical (unpaired) electrons. The van der Waals surface area contributed by atoms with Crippen molar-refractivity contribution in [2.75, 3.05) is 36.9 Å². The molecule has 0 saturated heterocycles. The number of sulfonamides is 1. The lowest BCUT2D eigenvalue weighted by Gasteiger charge is -2.30. The maximum absolute atomic E-state index is 13.4. The van der Waals surface area contributed by atoms with Crippen molar-refractivity contribution in [3.8, 4) is 11.5 Å². The van der Waals surface area contributed by atoms with Gasteiger partial charge in [0, 0.05) is 31.6 Å². The third kappa shape index (κ3) is 8.11. The molecule has 2 aromatic rings. The Morgan fingerprint density at radius 2 is 1.68 bits per heavy atom. The first-order chi connectivity index (χ1) is 18.1. The van der Waals surface area contributed by atoms with Crippen LogP contribution in [0.3, 0.4) is 0 Å². The molecule has 38 heavy (non-hydrogen) atoms. The summed E-state index contributed by atoms with van der Waals surface area (Å²) in [6.45, 7) is 6.99. The maximum atomic E-state index is 13.4. The second kappa shape index (κ2) is 13.5. The van der Waals surface area contributed by atoms with E-state index in [4.69, 9.17) is 9.47 Å². The van der Waals surface area contributed by atoms with Crippen LogP contribution in [-0.2, 0) is 26.0 Å². The van der Waals surface area contributed by atoms with Crippen LogP contribution in [0.4, 0.5) is 5.69 Å². The summed E-state index contributed by atoms with van der Waals surface area (Å²) >= 11 is 0. The summed E-state index contributed by atoms with van der Waals surface area (Å²) in [7, 11) is -3.61. The first-order valence-corrected chi connectivity index (χ1v) is 15.0. The predicted octanol–water partition coefficient (Wildman–Crippen LogP) is 3.38. The van der Waals surface area contributed by atoms with E-state index in [0.29, 0.717) is 49.8 Å². The van der Waals surface area contributed by atoms with Crippen LogP contribution in [0.5, 0.6) is 11.5 Å². The van der Waals surface area contributed by atoms with Crippen molar-refractivity contribution in [2.24, 2.45) is 0 Å². The molecule has 2 atom stereocenters. The number of hydrogen-bond donors (Lipinski definition) is 1. The van der Waals surface area contributed by atoms with Gasteiger partial charge in [-0.25, -0.2) is 8.42 Å². The third-order valence-electron chi connectivity index (χ3n) is 6.62. The predicted molar refractivity (Wildman–Crippen MR) is 148 cm³/mol. The molecule has 1 heterocycles. The van der Waals surface area contributed by atoms with E-state index in [2.05, 4.69) is 5.32 Å². The lowest BCUT2D eigenvalue weighted by atomic mass is 10.1. The van der Waals surface area contributed by atoms with Crippen LogP contribution < -0.4 is 19.1 Å². The first-order valence-electron chi connectivity index (χ1n) is 13.1. The molecule has 10 heteroatoms. The molecular formula is C28H39N3O6S. The number of anilines is 1. The van der Waals surface area contributed by atoms with Crippen LogP contribution >= 0.6 is 0 Å². The van der Waals surface area contributed by atoms with Crippen molar-refractivity contribution < 1.29 is 27.5 Å². The van der Waals surface area contributed by atoms with Crippen molar-refractivity contribution in [3.63, 3.8) is 0 Å². The highest BCUT2D eigenvalue weighted by atomic mass is 32.2. The zero-order chi connectivity index (χ0) is 27.7. The van der Waals surface area contributed by atoms with Crippen LogP contribution in [0.1, 0.15) is 45.6 Å². The Hall–Kier alpha value is -3.27. The highest BCUT2D eigenvalue weighted by Crippen LogP contribution is 2.34. The number of hydrogen-bond acceptors (Lipinski definition) is 6. The molecule has 0 fully saturated rings. The van der Waals surface area contributed by atoms with E-state index in [-0.39, 0.29) is 30.8 Å². The summed E-state index contributed by atoms with van der Waals surface area (Å²) in [4.78, 5) is 27.8. The monoisotopic (exact) mass is 545 g/mol. The Kier molecular flexibility index (Phi) is 10.4. The number of ether oxygens (including phenoxy) is 2. The van der Waals surface area contributed by atoms with Crippen molar-refractivity contribution in [1.29, 1.82) is 0 Å². The van der Waals surface area contributed by atoms with E-state index in [1.807, 2.05) is 44.2 Å². The SMILES string of the molecule is CC[C@@H](C)NC(=O)[C@H](C)N(CCc1ccccc1)C(=O)CCCN(c1ccc2c(c1)OCCO2)S(C)(=O)=O. The fourth-order valence-electron chi connectivity index (χ4n) is 4.23. The zero-order valence-corrected chi connectivity index (χ0v) is 23.5. The fourth-order valence-corrected chi connectivity index (χ4v) is 5.18. The highest BCUT2D eigenvalue weighted by molar-refractivity contribution is 7.92. The van der Waals surface area contributed by atoms with Gasteiger partial charge >= 0.3 is 0 Å². The Balaban J connectivity index is 1.69. The summed E-state index contributed by atoms with van der Waals surface area (Å²) in [5.74, 6) is 0.673. The van der Waals surface area contributed by atoms with Gasteiger partial charge in [-0.3, -0.25) is 13.9 Å². The summed E-state index contributed by atoms with van der Waals surface area (Å²) < 4.78 is 37.6. The molecule has 1 aliphatic heterocycles. The normalized spacial score (nSPS) is 14.3. The number of carbonyl (C=O) groups excluding carboxylic acids is 2. The van der Waals surface area contributed by atoms with Crippen LogP contribution in [0.15, 0.2) is 48.5 Å². The average molecular weight is 546 g/mol. The van der Waals surface area contributed by atoms with Crippen molar-refractivity contribution in [2.45, 2.75) is 58.5 Å². The van der Waals surface area contributed by atoms with Gasteiger partial charge in [-0.1, -0.05) is 37.3 Å². The van der Waals surface area contributed by atoms with Crippen LogP contribution in [-0.4, -0.2) is 69.8 Å². The number of nitrogens with zero attached hydrogens (tertiary/aromatic N) is 2. The van der Waals surface area contributed by atoms with E-state index in [1.54, 1.807) is 30.0 Å². The van der Waals surface area contributed by atoms with E-state index >= 15 is 0 Å². The molecular weight excluding hydrogens is 506 g/mol. The maximum Gasteiger partial charge on any atom is 0.242 e. The van der Waals surface area contributed by atoms with Crippen molar-refractivity contribution in [1.82, 2.24) is 10.2 Å². The van der Waals surface area contributed by atoms with E-state index in [0.717, 1.165) is 18.2 Å². The van der Waals surface area contributed by atoms with Crippen molar-refractivity contribution in [3.05, 3.63) is 54.1 Å². The van der Waals surface area contributed by atoms with Gasteiger partial charge in [-0.05, 0) is 50.8 Å². The van der Waals surface area contributed by atoms with E-state index in [9.17, 15) is 18.0 Å². The third-order valence-corrected chi connectivity index (χ3v) is 7.81. The minimum absolute atomic E-state index is 0.00495. The Labute approximate surface area is 226 Å². The van der Waals surface area contributed by atoms with Gasteiger partial charge in [0.05, 0.1) is 11.9 Å². The van der Waals surface area contributed by atoms with Gasteiger partial charge in [0.25, 0.3) is 0 Å². The molecule has 9 nitrogen and oxygen atoms in total. The van der Waals surface area contributed by atoms with Crippen LogP contribution in [0.2, 0.25) is 0 Å². The standard InChI is InChI=1S/C28H39N3O6S/c1-5-21(2)29-28(33)22(3)30(17-15-23-10-7-6-8-11-23)27(32)12-9-16-31(38(4,34)35)24-13-14-25-26(20-24)37-19-18-36-25/h6-8,10-11,13-14,20-22H,5,9,12,15-19H2,1-4H3,(H,29,33)/t21-,22+/m1/s1. The first kappa shape index (κ1) is 29.3. The Bertz CT molecular complexity index is 1190. The molecule has 0 unspecified atom stereocenters. The molecule has 0 aliphatic carbocycles. The molecule has 1 aliphatic rings. The fraction of sp³-hybridized carbons (Fsp3) is 0.500. The Morgan fingerprint density at radius 1 is 1.00 bits per heavy atom. The average Bonchev–Trinajstić information content (AvgIpc) is 2.90. The lowest BCUT2D eigenvalue weighted by molar-refractivity contribution is -0.140. The highest BCUT2D eigenvalue weighted by Gasteiger charge is 2.27. The van der Waals surface area contributed by atoms with Gasteiger partial charge in [0.1, 0.15) is 19.3 Å². The largest absolute Gasteiger partial charge is 0.486 e. The number of nitrogens with one attached hydrogen (secondary N) is 1. The number of rotatable bonds is 13. The lowest BCUT2D eigenvalue weighted by Crippen LogP contribution is -2.50. The summed E-state index contributed by atoms with van der Waals surface area (Å²) in [6, 6.07) is 14.2. The summed E-state index contributed by atoms with van der Waals surface area (Å²) in [5.41, 5.74) is 1.52. The number of benzene rings is 2. The van der Waals surface area contributed by atoms with E-state index in [1.165, 1.54) is 4.31 Å². The smallest absolute Gasteiger partial charge is 0.242 e. The van der Waals surface area contributed by atoms with Gasteiger partial charge in [0.15, 0.2) is 11.5 Å². The minimum Gasteiger partial charge on any atom is -0.486 e. The zero-order valence-electron chi connectivity index (χ0n) is 22.7. The van der Waals surface area contributed by atoms with Gasteiger partial charge in [-0.2, -0.15) is 0 Å². The topological polar surface area (TPSA) is 105 Å². The number of carbonyl (C=O) groups is 2. The van der Waals surface area contributed by atoms with Gasteiger partial charge in [-0.15, -0.1) is 0 Å². The molecule has 0 saturated carbocycles. The number of fused-ring (bicyclic) bond motifs is 1. The minimum atomic E-state index is -3.61. The molecule has 1 N–H and O–H groups in total. The molecule has 208 valence electrons. The Morgan fingerprint density at radius 3 is 2.34 bits per heavy atom. The number of amides is 2. The van der Waals surface area contributed by atoms with Crippen molar-refractivity contribution >= 4 is 27.5 Å². The molecule has 3 rings (SSSR count). The molecule has 0 spiro atoms. The van der Waals surface area contributed by atoms with Gasteiger partial charge in [0.2, 0.25) is 21.8 Å². The second-order valence-corrected chi connectivity index (χ2v) is 11.5. The van der Waals surface area contributed by atoms with Crippen LogP contribution in [0, 0.1) is 0 Å². The molecule has 2 amide bonds. The summed E-state index contributed by atoms with van der Waals surface area (Å²) in [5, 5.41) is 2.96. The quantitative estimate of drug-likeness (QED) is 0.414. The summed E-state index contributed by atoms with van der Waals surface area (Å²) in [6.07, 6.45) is 2.94. The molecule has 2 aromatic carbocycles. The van der Waals surface area contributed by atoms with E-state index < -0.39 is 16.1 Å².